The summed E-state index contributed by atoms with van der Waals surface area (Å²) in [6.45, 7) is 0.821. The topological polar surface area (TPSA) is 32.3 Å². The zero-order valence-corrected chi connectivity index (χ0v) is 15.1. The Hall–Kier alpha value is -2.91. The Kier molecular flexibility index (Phi) is 4.31. The van der Waals surface area contributed by atoms with Crippen LogP contribution in [0.4, 0.5) is 0 Å². The molecule has 1 N–H and O–H groups in total. The van der Waals surface area contributed by atoms with Crippen molar-refractivity contribution in [1.82, 2.24) is 10.2 Å². The molecule has 4 rings (SSSR count). The van der Waals surface area contributed by atoms with Crippen LogP contribution in [0.2, 0.25) is 0 Å². The molecule has 3 nitrogen and oxygen atoms in total. The van der Waals surface area contributed by atoms with E-state index in [2.05, 4.69) is 65.8 Å². The molecule has 0 radical (unpaired) electrons. The number of fused-ring (bicyclic) bond motifs is 3. The van der Waals surface area contributed by atoms with Gasteiger partial charge in [-0.1, -0.05) is 60.7 Å². The molecular weight excluding hydrogens is 320 g/mol. The van der Waals surface area contributed by atoms with Crippen LogP contribution in [-0.4, -0.2) is 24.9 Å². The zero-order chi connectivity index (χ0) is 18.1. The molecule has 0 bridgehead atoms. The van der Waals surface area contributed by atoms with Gasteiger partial charge in [0.25, 0.3) is 5.91 Å². The van der Waals surface area contributed by atoms with Crippen molar-refractivity contribution < 1.29 is 4.79 Å². The first-order chi connectivity index (χ1) is 12.7. The Morgan fingerprint density at radius 2 is 1.42 bits per heavy atom. The molecule has 0 unspecified atom stereocenters. The maximum absolute atomic E-state index is 11.7. The summed E-state index contributed by atoms with van der Waals surface area (Å²) in [6, 6.07) is 25.4. The largest absolute Gasteiger partial charge is 0.355 e. The van der Waals surface area contributed by atoms with Gasteiger partial charge in [-0.25, -0.2) is 0 Å². The molecular formula is C23H22N2O. The van der Waals surface area contributed by atoms with Crippen LogP contribution in [0.25, 0.3) is 11.1 Å². The van der Waals surface area contributed by atoms with E-state index in [4.69, 9.17) is 0 Å². The first kappa shape index (κ1) is 16.6. The summed E-state index contributed by atoms with van der Waals surface area (Å²) >= 11 is 0. The number of nitrogens with one attached hydrogen (secondary N) is 1. The highest BCUT2D eigenvalue weighted by Gasteiger charge is 2.30. The number of hydrogen-bond donors (Lipinski definition) is 1. The van der Waals surface area contributed by atoms with E-state index in [1.807, 2.05) is 24.3 Å². The molecule has 1 aliphatic carbocycles. The second kappa shape index (κ2) is 6.77. The standard InChI is InChI=1S/C23H22N2O/c1-24-23(26)17-13-11-16(12-14-17)15-25(2)22-20-9-5-3-7-18(20)19-8-4-6-10-21(19)22/h3-14,22H,15H2,1-2H3,(H,24,26). The average molecular weight is 342 g/mol. The van der Waals surface area contributed by atoms with Crippen molar-refractivity contribution in [3.05, 3.63) is 95.1 Å². The van der Waals surface area contributed by atoms with Crippen LogP contribution >= 0.6 is 0 Å². The van der Waals surface area contributed by atoms with Gasteiger partial charge in [-0.15, -0.1) is 0 Å². The van der Waals surface area contributed by atoms with Crippen molar-refractivity contribution in [2.24, 2.45) is 0 Å². The summed E-state index contributed by atoms with van der Waals surface area (Å²) in [4.78, 5) is 14.1. The van der Waals surface area contributed by atoms with E-state index in [9.17, 15) is 4.79 Å². The van der Waals surface area contributed by atoms with E-state index in [-0.39, 0.29) is 11.9 Å². The molecule has 3 heteroatoms. The number of rotatable bonds is 4. The van der Waals surface area contributed by atoms with Gasteiger partial charge in [0.15, 0.2) is 0 Å². The summed E-state index contributed by atoms with van der Waals surface area (Å²) in [5.41, 5.74) is 7.26. The molecule has 0 spiro atoms. The van der Waals surface area contributed by atoms with E-state index in [0.29, 0.717) is 5.56 Å². The normalized spacial score (nSPS) is 12.7. The summed E-state index contributed by atoms with van der Waals surface area (Å²) in [6.07, 6.45) is 0. The highest BCUT2D eigenvalue weighted by Crippen LogP contribution is 2.45. The predicted octanol–water partition coefficient (Wildman–Crippen LogP) is 4.25. The van der Waals surface area contributed by atoms with Gasteiger partial charge in [0.2, 0.25) is 0 Å². The maximum atomic E-state index is 11.7. The SMILES string of the molecule is CNC(=O)c1ccc(CN(C)C2c3ccccc3-c3ccccc32)cc1. The number of nitrogens with zero attached hydrogens (tertiary/aromatic N) is 1. The number of hydrogen-bond acceptors (Lipinski definition) is 2. The molecule has 3 aromatic carbocycles. The van der Waals surface area contributed by atoms with Crippen molar-refractivity contribution in [2.45, 2.75) is 12.6 Å². The van der Waals surface area contributed by atoms with Crippen molar-refractivity contribution in [3.8, 4) is 11.1 Å². The van der Waals surface area contributed by atoms with Gasteiger partial charge in [0.05, 0.1) is 6.04 Å². The first-order valence-corrected chi connectivity index (χ1v) is 8.88. The van der Waals surface area contributed by atoms with E-state index in [1.54, 1.807) is 7.05 Å². The molecule has 1 aliphatic rings. The Morgan fingerprint density at radius 3 is 1.96 bits per heavy atom. The molecule has 3 aromatic rings. The highest BCUT2D eigenvalue weighted by molar-refractivity contribution is 5.93. The number of benzene rings is 3. The summed E-state index contributed by atoms with van der Waals surface area (Å²) < 4.78 is 0. The third kappa shape index (κ3) is 2.80. The van der Waals surface area contributed by atoms with Crippen molar-refractivity contribution in [1.29, 1.82) is 0 Å². The summed E-state index contributed by atoms with van der Waals surface area (Å²) in [5.74, 6) is -0.0523. The number of amides is 1. The molecule has 0 aromatic heterocycles. The van der Waals surface area contributed by atoms with Crippen LogP contribution < -0.4 is 5.32 Å². The summed E-state index contributed by atoms with van der Waals surface area (Å²) in [7, 11) is 3.81. The molecule has 26 heavy (non-hydrogen) atoms. The lowest BCUT2D eigenvalue weighted by Crippen LogP contribution is -2.24. The van der Waals surface area contributed by atoms with Crippen LogP contribution in [0.5, 0.6) is 0 Å². The second-order valence-corrected chi connectivity index (χ2v) is 6.77. The lowest BCUT2D eigenvalue weighted by atomic mass is 10.0. The van der Waals surface area contributed by atoms with Crippen molar-refractivity contribution >= 4 is 5.91 Å². The van der Waals surface area contributed by atoms with Crippen LogP contribution in [0.15, 0.2) is 72.8 Å². The Balaban J connectivity index is 1.62. The zero-order valence-electron chi connectivity index (χ0n) is 15.1. The van der Waals surface area contributed by atoms with E-state index in [1.165, 1.54) is 27.8 Å². The minimum Gasteiger partial charge on any atom is -0.355 e. The minimum atomic E-state index is -0.0523. The monoisotopic (exact) mass is 342 g/mol. The number of carbonyl (C=O) groups excluding carboxylic acids is 1. The Labute approximate surface area is 154 Å². The second-order valence-electron chi connectivity index (χ2n) is 6.77. The van der Waals surface area contributed by atoms with Gasteiger partial charge in [0, 0.05) is 19.2 Å². The molecule has 130 valence electrons. The smallest absolute Gasteiger partial charge is 0.251 e. The van der Waals surface area contributed by atoms with Gasteiger partial charge in [0.1, 0.15) is 0 Å². The van der Waals surface area contributed by atoms with Gasteiger partial charge in [-0.2, -0.15) is 0 Å². The average Bonchev–Trinajstić information content (AvgIpc) is 3.02. The number of carbonyl (C=O) groups is 1. The predicted molar refractivity (Wildman–Crippen MR) is 105 cm³/mol. The molecule has 0 fully saturated rings. The molecule has 0 aliphatic heterocycles. The van der Waals surface area contributed by atoms with Gasteiger partial charge < -0.3 is 5.32 Å². The Bertz CT molecular complexity index is 901. The molecule has 0 atom stereocenters. The van der Waals surface area contributed by atoms with Gasteiger partial charge >= 0.3 is 0 Å². The lowest BCUT2D eigenvalue weighted by molar-refractivity contribution is 0.0963. The molecule has 0 saturated carbocycles. The highest BCUT2D eigenvalue weighted by atomic mass is 16.1. The van der Waals surface area contributed by atoms with Crippen molar-refractivity contribution in [3.63, 3.8) is 0 Å². The van der Waals surface area contributed by atoms with E-state index >= 15 is 0 Å². The third-order valence-corrected chi connectivity index (χ3v) is 5.12. The maximum Gasteiger partial charge on any atom is 0.251 e. The minimum absolute atomic E-state index is 0.0523. The van der Waals surface area contributed by atoms with Gasteiger partial charge in [-0.05, 0) is 47.0 Å². The molecule has 1 amide bonds. The quantitative estimate of drug-likeness (QED) is 0.769. The van der Waals surface area contributed by atoms with Crippen LogP contribution in [0, 0.1) is 0 Å². The third-order valence-electron chi connectivity index (χ3n) is 5.12. The lowest BCUT2D eigenvalue weighted by Gasteiger charge is -2.26. The van der Waals surface area contributed by atoms with Gasteiger partial charge in [-0.3, -0.25) is 9.69 Å². The van der Waals surface area contributed by atoms with E-state index < -0.39 is 0 Å². The van der Waals surface area contributed by atoms with Crippen molar-refractivity contribution in [2.75, 3.05) is 14.1 Å². The first-order valence-electron chi connectivity index (χ1n) is 8.88. The fourth-order valence-electron chi connectivity index (χ4n) is 3.89. The fourth-order valence-corrected chi connectivity index (χ4v) is 3.89. The van der Waals surface area contributed by atoms with Crippen LogP contribution in [-0.2, 0) is 6.54 Å². The van der Waals surface area contributed by atoms with E-state index in [0.717, 1.165) is 6.54 Å². The summed E-state index contributed by atoms with van der Waals surface area (Å²) in [5, 5.41) is 2.66. The Morgan fingerprint density at radius 1 is 0.885 bits per heavy atom. The molecule has 0 saturated heterocycles. The van der Waals surface area contributed by atoms with Crippen LogP contribution in [0.1, 0.15) is 33.1 Å². The molecule has 0 heterocycles. The van der Waals surface area contributed by atoms with Crippen LogP contribution in [0.3, 0.4) is 0 Å². The fraction of sp³-hybridized carbons (Fsp3) is 0.174.